The van der Waals surface area contributed by atoms with Crippen LogP contribution in [0.4, 0.5) is 11.8 Å². The Bertz CT molecular complexity index is 532. The van der Waals surface area contributed by atoms with E-state index in [-0.39, 0.29) is 0 Å². The Labute approximate surface area is 91.5 Å². The molecule has 2 heterocycles. The second-order valence-electron chi connectivity index (χ2n) is 3.72. The number of thiophene rings is 1. The van der Waals surface area contributed by atoms with Crippen LogP contribution in [-0.2, 0) is 12.8 Å². The maximum Gasteiger partial charge on any atom is 0.225 e. The molecular formula is C10H12N4S. The first-order chi connectivity index (χ1) is 7.29. The van der Waals surface area contributed by atoms with Crippen LogP contribution >= 0.6 is 11.3 Å². The van der Waals surface area contributed by atoms with Crippen LogP contribution in [-0.4, -0.2) is 17.0 Å². The van der Waals surface area contributed by atoms with Crippen molar-refractivity contribution in [1.29, 1.82) is 0 Å². The lowest BCUT2D eigenvalue weighted by molar-refractivity contribution is 0.917. The number of nitrogens with zero attached hydrogens (tertiary/aromatic N) is 2. The molecule has 2 aromatic heterocycles. The SMILES string of the molecule is CNc1nc(N)c2c3c(sc2n1)CCC3. The highest BCUT2D eigenvalue weighted by Gasteiger charge is 2.20. The number of hydrogen-bond acceptors (Lipinski definition) is 5. The van der Waals surface area contributed by atoms with Gasteiger partial charge in [-0.1, -0.05) is 0 Å². The third-order valence-corrected chi connectivity index (χ3v) is 4.00. The fourth-order valence-corrected chi connectivity index (χ4v) is 3.40. The van der Waals surface area contributed by atoms with E-state index in [1.54, 1.807) is 11.3 Å². The summed E-state index contributed by atoms with van der Waals surface area (Å²) in [6, 6.07) is 0. The molecule has 0 fully saturated rings. The van der Waals surface area contributed by atoms with Crippen molar-refractivity contribution in [3.05, 3.63) is 10.4 Å². The molecule has 0 unspecified atom stereocenters. The Hall–Kier alpha value is -1.36. The summed E-state index contributed by atoms with van der Waals surface area (Å²) in [5.41, 5.74) is 7.35. The summed E-state index contributed by atoms with van der Waals surface area (Å²) in [5, 5.41) is 4.02. The fraction of sp³-hybridized carbons (Fsp3) is 0.400. The van der Waals surface area contributed by atoms with E-state index in [9.17, 15) is 0 Å². The van der Waals surface area contributed by atoms with Crippen LogP contribution in [0.2, 0.25) is 0 Å². The summed E-state index contributed by atoms with van der Waals surface area (Å²) >= 11 is 1.76. The standard InChI is InChI=1S/C10H12N4S/c1-12-10-13-8(11)7-5-3-2-4-6(5)15-9(7)14-10/h2-4H2,1H3,(H3,11,12,13,14). The number of nitrogens with one attached hydrogen (secondary N) is 1. The Kier molecular flexibility index (Phi) is 1.82. The zero-order valence-electron chi connectivity index (χ0n) is 8.50. The van der Waals surface area contributed by atoms with Gasteiger partial charge < -0.3 is 11.1 Å². The largest absolute Gasteiger partial charge is 0.383 e. The lowest BCUT2D eigenvalue weighted by atomic mass is 10.2. The summed E-state index contributed by atoms with van der Waals surface area (Å²) in [6.07, 6.45) is 3.54. The Morgan fingerprint density at radius 1 is 1.33 bits per heavy atom. The molecule has 3 N–H and O–H groups in total. The monoisotopic (exact) mass is 220 g/mol. The highest BCUT2D eigenvalue weighted by atomic mass is 32.1. The van der Waals surface area contributed by atoms with Crippen LogP contribution in [0.15, 0.2) is 0 Å². The number of nitrogens with two attached hydrogens (primary N) is 1. The molecule has 0 bridgehead atoms. The summed E-state index contributed by atoms with van der Waals surface area (Å²) < 4.78 is 0. The number of aromatic nitrogens is 2. The second kappa shape index (κ2) is 3.06. The fourth-order valence-electron chi connectivity index (χ4n) is 2.14. The topological polar surface area (TPSA) is 63.8 Å². The molecule has 0 aliphatic heterocycles. The number of aryl methyl sites for hydroxylation is 2. The van der Waals surface area contributed by atoms with Gasteiger partial charge in [-0.3, -0.25) is 0 Å². The third kappa shape index (κ3) is 1.19. The zero-order valence-corrected chi connectivity index (χ0v) is 9.32. The molecule has 0 saturated heterocycles. The first-order valence-electron chi connectivity index (χ1n) is 5.05. The molecule has 78 valence electrons. The van der Waals surface area contributed by atoms with Crippen LogP contribution in [0.3, 0.4) is 0 Å². The average molecular weight is 220 g/mol. The van der Waals surface area contributed by atoms with Crippen molar-refractivity contribution >= 4 is 33.3 Å². The van der Waals surface area contributed by atoms with Gasteiger partial charge in [0.1, 0.15) is 10.6 Å². The first kappa shape index (κ1) is 8.91. The highest BCUT2D eigenvalue weighted by molar-refractivity contribution is 7.19. The molecule has 1 aliphatic rings. The molecule has 5 heteroatoms. The molecule has 1 aliphatic carbocycles. The van der Waals surface area contributed by atoms with E-state index in [1.807, 2.05) is 7.05 Å². The molecule has 0 atom stereocenters. The molecule has 0 radical (unpaired) electrons. The van der Waals surface area contributed by atoms with Crippen molar-refractivity contribution in [2.45, 2.75) is 19.3 Å². The first-order valence-corrected chi connectivity index (χ1v) is 5.86. The molecule has 4 nitrogen and oxygen atoms in total. The summed E-state index contributed by atoms with van der Waals surface area (Å²) in [7, 11) is 1.81. The summed E-state index contributed by atoms with van der Waals surface area (Å²) in [4.78, 5) is 11.1. The summed E-state index contributed by atoms with van der Waals surface area (Å²) in [5.74, 6) is 1.23. The smallest absolute Gasteiger partial charge is 0.225 e. The number of hydrogen-bond donors (Lipinski definition) is 2. The van der Waals surface area contributed by atoms with Crippen LogP contribution in [0.1, 0.15) is 16.9 Å². The van der Waals surface area contributed by atoms with Crippen molar-refractivity contribution in [1.82, 2.24) is 9.97 Å². The number of nitrogen functional groups attached to an aromatic ring is 1. The highest BCUT2D eigenvalue weighted by Crippen LogP contribution is 2.38. The predicted octanol–water partition coefficient (Wildman–Crippen LogP) is 1.80. The van der Waals surface area contributed by atoms with Crippen molar-refractivity contribution < 1.29 is 0 Å². The van der Waals surface area contributed by atoms with E-state index in [0.29, 0.717) is 11.8 Å². The maximum atomic E-state index is 5.97. The van der Waals surface area contributed by atoms with Crippen molar-refractivity contribution in [3.63, 3.8) is 0 Å². The van der Waals surface area contributed by atoms with E-state index >= 15 is 0 Å². The minimum absolute atomic E-state index is 0.611. The van der Waals surface area contributed by atoms with E-state index in [0.717, 1.165) is 16.6 Å². The second-order valence-corrected chi connectivity index (χ2v) is 4.80. The van der Waals surface area contributed by atoms with Gasteiger partial charge in [0, 0.05) is 11.9 Å². The van der Waals surface area contributed by atoms with Crippen LogP contribution in [0.5, 0.6) is 0 Å². The lowest BCUT2D eigenvalue weighted by Crippen LogP contribution is -2.00. The van der Waals surface area contributed by atoms with Gasteiger partial charge in [-0.2, -0.15) is 4.98 Å². The maximum absolute atomic E-state index is 5.97. The number of rotatable bonds is 1. The Morgan fingerprint density at radius 2 is 2.20 bits per heavy atom. The van der Waals surface area contributed by atoms with Gasteiger partial charge in [0.25, 0.3) is 0 Å². The molecule has 0 aromatic carbocycles. The van der Waals surface area contributed by atoms with Crippen molar-refractivity contribution in [2.24, 2.45) is 0 Å². The summed E-state index contributed by atoms with van der Waals surface area (Å²) in [6.45, 7) is 0. The minimum Gasteiger partial charge on any atom is -0.383 e. The minimum atomic E-state index is 0.611. The van der Waals surface area contributed by atoms with Gasteiger partial charge in [-0.05, 0) is 24.8 Å². The van der Waals surface area contributed by atoms with Crippen LogP contribution < -0.4 is 11.1 Å². The number of anilines is 2. The lowest BCUT2D eigenvalue weighted by Gasteiger charge is -2.01. The van der Waals surface area contributed by atoms with E-state index in [1.165, 1.54) is 23.3 Å². The molecule has 2 aromatic rings. The predicted molar refractivity (Wildman–Crippen MR) is 63.4 cm³/mol. The van der Waals surface area contributed by atoms with Crippen LogP contribution in [0.25, 0.3) is 10.2 Å². The number of fused-ring (bicyclic) bond motifs is 3. The third-order valence-electron chi connectivity index (χ3n) is 2.82. The van der Waals surface area contributed by atoms with Gasteiger partial charge in [0.15, 0.2) is 0 Å². The van der Waals surface area contributed by atoms with E-state index < -0.39 is 0 Å². The van der Waals surface area contributed by atoms with Gasteiger partial charge in [0.2, 0.25) is 5.95 Å². The molecule has 0 saturated carbocycles. The zero-order chi connectivity index (χ0) is 10.4. The average Bonchev–Trinajstić information content (AvgIpc) is 2.75. The molecule has 15 heavy (non-hydrogen) atoms. The van der Waals surface area contributed by atoms with E-state index in [2.05, 4.69) is 15.3 Å². The Morgan fingerprint density at radius 3 is 3.00 bits per heavy atom. The molecule has 0 spiro atoms. The quantitative estimate of drug-likeness (QED) is 0.769. The van der Waals surface area contributed by atoms with Gasteiger partial charge in [-0.25, -0.2) is 4.98 Å². The normalized spacial score (nSPS) is 14.5. The van der Waals surface area contributed by atoms with Crippen LogP contribution in [0, 0.1) is 0 Å². The van der Waals surface area contributed by atoms with Gasteiger partial charge >= 0.3 is 0 Å². The van der Waals surface area contributed by atoms with Crippen molar-refractivity contribution in [2.75, 3.05) is 18.1 Å². The van der Waals surface area contributed by atoms with Gasteiger partial charge in [-0.15, -0.1) is 11.3 Å². The molecule has 0 amide bonds. The molecule has 3 rings (SSSR count). The van der Waals surface area contributed by atoms with E-state index in [4.69, 9.17) is 5.73 Å². The van der Waals surface area contributed by atoms with Gasteiger partial charge in [0.05, 0.1) is 5.39 Å². The Balaban J connectivity index is 2.34. The molecular weight excluding hydrogens is 208 g/mol. The van der Waals surface area contributed by atoms with Crippen molar-refractivity contribution in [3.8, 4) is 0 Å².